The quantitative estimate of drug-likeness (QED) is 0.163. The van der Waals surface area contributed by atoms with Gasteiger partial charge in [-0.1, -0.05) is 38.1 Å². The van der Waals surface area contributed by atoms with Gasteiger partial charge >= 0.3 is 0 Å². The van der Waals surface area contributed by atoms with Crippen LogP contribution in [0.25, 0.3) is 11.3 Å². The van der Waals surface area contributed by atoms with Gasteiger partial charge in [-0.05, 0) is 53.4 Å². The molecule has 0 N–H and O–H groups in total. The molecule has 1 aliphatic heterocycles. The van der Waals surface area contributed by atoms with Gasteiger partial charge in [-0.2, -0.15) is 5.10 Å². The minimum absolute atomic E-state index is 0.0505. The Bertz CT molecular complexity index is 1480. The van der Waals surface area contributed by atoms with Gasteiger partial charge in [-0.15, -0.1) is 11.3 Å². The zero-order chi connectivity index (χ0) is 26.5. The summed E-state index contributed by atoms with van der Waals surface area (Å²) in [5, 5.41) is 17.9. The third kappa shape index (κ3) is 5.90. The summed E-state index contributed by atoms with van der Waals surface area (Å²) in [5.74, 6) is 0.448. The lowest BCUT2D eigenvalue weighted by molar-refractivity contribution is -0.384. The fraction of sp³-hybridized carbons (Fsp3) is 0.241. The van der Waals surface area contributed by atoms with Gasteiger partial charge in [0.25, 0.3) is 5.69 Å². The second-order valence-electron chi connectivity index (χ2n) is 9.31. The van der Waals surface area contributed by atoms with E-state index in [9.17, 15) is 10.1 Å². The highest BCUT2D eigenvalue weighted by Gasteiger charge is 2.12. The molecule has 0 saturated carbocycles. The smallest absolute Gasteiger partial charge is 0.269 e. The predicted octanol–water partition coefficient (Wildman–Crippen LogP) is 6.20. The summed E-state index contributed by atoms with van der Waals surface area (Å²) >= 11 is 1.47. The molecule has 1 fully saturated rings. The van der Waals surface area contributed by atoms with E-state index in [1.165, 1.54) is 34.7 Å². The van der Waals surface area contributed by atoms with E-state index in [-0.39, 0.29) is 5.69 Å². The van der Waals surface area contributed by atoms with Crippen LogP contribution < -0.4 is 9.70 Å². The monoisotopic (exact) mass is 527 g/mol. The molecule has 2 heterocycles. The van der Waals surface area contributed by atoms with Gasteiger partial charge in [0, 0.05) is 41.9 Å². The fourth-order valence-electron chi connectivity index (χ4n) is 4.20. The number of non-ortho nitro benzene ring substituents is 1. The molecule has 0 spiro atoms. The van der Waals surface area contributed by atoms with E-state index >= 15 is 0 Å². The Morgan fingerprint density at radius 2 is 1.66 bits per heavy atom. The Morgan fingerprint density at radius 1 is 0.974 bits per heavy atom. The third-order valence-electron chi connectivity index (χ3n) is 6.44. The largest absolute Gasteiger partial charge is 0.378 e. The second kappa shape index (κ2) is 11.5. The van der Waals surface area contributed by atoms with E-state index in [0.717, 1.165) is 48.8 Å². The molecule has 8 nitrogen and oxygen atoms in total. The van der Waals surface area contributed by atoms with Gasteiger partial charge in [-0.3, -0.25) is 10.1 Å². The minimum Gasteiger partial charge on any atom is -0.378 e. The van der Waals surface area contributed by atoms with Gasteiger partial charge in [0.2, 0.25) is 4.80 Å². The van der Waals surface area contributed by atoms with Crippen LogP contribution in [0.15, 0.2) is 88.3 Å². The lowest BCUT2D eigenvalue weighted by atomic mass is 10.0. The molecule has 1 aliphatic rings. The third-order valence-corrected chi connectivity index (χ3v) is 7.25. The lowest BCUT2D eigenvalue weighted by Gasteiger charge is -2.28. The highest BCUT2D eigenvalue weighted by molar-refractivity contribution is 7.07. The summed E-state index contributed by atoms with van der Waals surface area (Å²) in [4.78, 5) is 18.6. The van der Waals surface area contributed by atoms with Crippen molar-refractivity contribution in [2.75, 3.05) is 31.2 Å². The maximum atomic E-state index is 11.1. The average Bonchev–Trinajstić information content (AvgIpc) is 3.35. The fourth-order valence-corrected chi connectivity index (χ4v) is 5.06. The molecule has 194 valence electrons. The number of anilines is 1. The number of rotatable bonds is 7. The van der Waals surface area contributed by atoms with Crippen LogP contribution in [0.4, 0.5) is 17.1 Å². The van der Waals surface area contributed by atoms with Gasteiger partial charge < -0.3 is 9.64 Å². The summed E-state index contributed by atoms with van der Waals surface area (Å²) in [5.41, 5.74) is 5.91. The first kappa shape index (κ1) is 25.6. The van der Waals surface area contributed by atoms with Crippen LogP contribution in [0.2, 0.25) is 0 Å². The highest BCUT2D eigenvalue weighted by Crippen LogP contribution is 2.24. The number of benzene rings is 3. The van der Waals surface area contributed by atoms with Gasteiger partial charge in [0.15, 0.2) is 0 Å². The van der Waals surface area contributed by atoms with Crippen LogP contribution in [-0.2, 0) is 4.74 Å². The Balaban J connectivity index is 1.49. The molecule has 0 unspecified atom stereocenters. The first-order valence-electron chi connectivity index (χ1n) is 12.5. The number of ether oxygens (including phenoxy) is 1. The molecular formula is C29H29N5O3S. The number of nitro benzene ring substituents is 1. The predicted molar refractivity (Wildman–Crippen MR) is 153 cm³/mol. The zero-order valence-electron chi connectivity index (χ0n) is 21.4. The standard InChI is InChI=1S/C29H29N5O3S/c1-21(2)23-5-9-25(10-6-23)31-29-33(28(20-38-29)24-7-13-27(14-8-24)34(35)36)30-19-22-3-11-26(12-4-22)32-15-17-37-18-16-32/h3-14,19-21H,15-18H2,1-2H3. The van der Waals surface area contributed by atoms with E-state index in [4.69, 9.17) is 14.8 Å². The number of nitrogens with zero attached hydrogens (tertiary/aromatic N) is 5. The topological polar surface area (TPSA) is 85.3 Å². The molecule has 0 radical (unpaired) electrons. The maximum absolute atomic E-state index is 11.1. The number of hydrogen-bond donors (Lipinski definition) is 0. The van der Waals surface area contributed by atoms with Crippen LogP contribution in [0.5, 0.6) is 0 Å². The van der Waals surface area contributed by atoms with E-state index in [0.29, 0.717) is 10.7 Å². The Kier molecular flexibility index (Phi) is 7.76. The molecule has 1 saturated heterocycles. The summed E-state index contributed by atoms with van der Waals surface area (Å²) in [6.45, 7) is 7.60. The number of nitro groups is 1. The van der Waals surface area contributed by atoms with Crippen molar-refractivity contribution in [1.29, 1.82) is 0 Å². The number of aromatic nitrogens is 1. The molecule has 1 aromatic heterocycles. The molecular weight excluding hydrogens is 498 g/mol. The highest BCUT2D eigenvalue weighted by atomic mass is 32.1. The molecule has 5 rings (SSSR count). The molecule has 4 aromatic rings. The van der Waals surface area contributed by atoms with Crippen molar-refractivity contribution in [2.24, 2.45) is 10.1 Å². The van der Waals surface area contributed by atoms with Crippen molar-refractivity contribution in [3.05, 3.63) is 104 Å². The Hall–Kier alpha value is -4.08. The summed E-state index contributed by atoms with van der Waals surface area (Å²) in [7, 11) is 0. The van der Waals surface area contributed by atoms with Crippen molar-refractivity contribution >= 4 is 34.6 Å². The molecule has 0 atom stereocenters. The van der Waals surface area contributed by atoms with E-state index in [2.05, 4.69) is 43.0 Å². The molecule has 0 bridgehead atoms. The average molecular weight is 528 g/mol. The zero-order valence-corrected chi connectivity index (χ0v) is 22.2. The lowest BCUT2D eigenvalue weighted by Crippen LogP contribution is -2.36. The van der Waals surface area contributed by atoms with Crippen molar-refractivity contribution in [3.63, 3.8) is 0 Å². The van der Waals surface area contributed by atoms with Crippen LogP contribution in [-0.4, -0.2) is 42.1 Å². The summed E-state index contributed by atoms with van der Waals surface area (Å²) in [6, 6.07) is 23.0. The Labute approximate surface area is 225 Å². The Morgan fingerprint density at radius 3 is 2.29 bits per heavy atom. The summed E-state index contributed by atoms with van der Waals surface area (Å²) < 4.78 is 7.24. The number of thiazole rings is 1. The second-order valence-corrected chi connectivity index (χ2v) is 10.1. The van der Waals surface area contributed by atoms with Gasteiger partial charge in [-0.25, -0.2) is 9.67 Å². The van der Waals surface area contributed by atoms with Crippen LogP contribution in [0.1, 0.15) is 30.9 Å². The van der Waals surface area contributed by atoms with E-state index in [1.54, 1.807) is 16.8 Å². The number of morpholine rings is 1. The van der Waals surface area contributed by atoms with Crippen molar-refractivity contribution in [1.82, 2.24) is 4.68 Å². The normalized spacial score (nSPS) is 14.5. The molecule has 9 heteroatoms. The van der Waals surface area contributed by atoms with Gasteiger partial charge in [0.1, 0.15) is 0 Å². The van der Waals surface area contributed by atoms with Crippen LogP contribution in [0, 0.1) is 10.1 Å². The summed E-state index contributed by atoms with van der Waals surface area (Å²) in [6.07, 6.45) is 1.81. The van der Waals surface area contributed by atoms with E-state index in [1.807, 2.05) is 35.9 Å². The van der Waals surface area contributed by atoms with Crippen molar-refractivity contribution < 1.29 is 9.66 Å². The van der Waals surface area contributed by atoms with Crippen LogP contribution >= 0.6 is 11.3 Å². The molecule has 3 aromatic carbocycles. The van der Waals surface area contributed by atoms with E-state index < -0.39 is 4.92 Å². The van der Waals surface area contributed by atoms with Gasteiger partial charge in [0.05, 0.1) is 35.7 Å². The molecule has 38 heavy (non-hydrogen) atoms. The SMILES string of the molecule is CC(C)c1ccc(N=c2scc(-c3ccc([N+](=O)[O-])cc3)n2N=Cc2ccc(N3CCOCC3)cc2)cc1. The minimum atomic E-state index is -0.397. The molecule has 0 aliphatic carbocycles. The van der Waals surface area contributed by atoms with Crippen molar-refractivity contribution in [2.45, 2.75) is 19.8 Å². The first-order chi connectivity index (χ1) is 18.5. The molecule has 0 amide bonds. The maximum Gasteiger partial charge on any atom is 0.269 e. The van der Waals surface area contributed by atoms with Crippen molar-refractivity contribution in [3.8, 4) is 11.3 Å². The van der Waals surface area contributed by atoms with Crippen LogP contribution in [0.3, 0.4) is 0 Å². The first-order valence-corrected chi connectivity index (χ1v) is 13.4. The number of hydrogen-bond acceptors (Lipinski definition) is 7.